The molecule has 2 aromatic heterocycles. The van der Waals surface area contributed by atoms with Gasteiger partial charge in [0.2, 0.25) is 11.9 Å². The van der Waals surface area contributed by atoms with Crippen LogP contribution in [0.5, 0.6) is 0 Å². The molecule has 9 heteroatoms. The third kappa shape index (κ3) is 5.66. The SMILES string of the molecule is Cc1ccc(CC(=O)Nc2ccc3nc(N4CCCN(c5ncccn5)CC4)cc(C(=O)O)c3c2)cc1. The Hall–Kier alpha value is -4.53. The minimum atomic E-state index is -1.04. The number of fused-ring (bicyclic) bond motifs is 1. The van der Waals surface area contributed by atoms with Crippen LogP contribution in [-0.2, 0) is 11.2 Å². The second kappa shape index (κ2) is 10.6. The van der Waals surface area contributed by atoms with Gasteiger partial charge in [0, 0.05) is 49.6 Å². The molecule has 9 nitrogen and oxygen atoms in total. The first-order valence-electron chi connectivity index (χ1n) is 12.3. The second-order valence-electron chi connectivity index (χ2n) is 9.15. The summed E-state index contributed by atoms with van der Waals surface area (Å²) in [6.45, 7) is 4.93. The minimum absolute atomic E-state index is 0.155. The molecule has 2 N–H and O–H groups in total. The van der Waals surface area contributed by atoms with Gasteiger partial charge in [-0.1, -0.05) is 29.8 Å². The molecule has 37 heavy (non-hydrogen) atoms. The topological polar surface area (TPSA) is 112 Å². The molecule has 0 saturated carbocycles. The van der Waals surface area contributed by atoms with E-state index in [1.165, 1.54) is 0 Å². The van der Waals surface area contributed by atoms with Gasteiger partial charge in [0.1, 0.15) is 5.82 Å². The lowest BCUT2D eigenvalue weighted by Gasteiger charge is -2.23. The number of nitrogens with one attached hydrogen (secondary N) is 1. The van der Waals surface area contributed by atoms with Crippen molar-refractivity contribution in [2.75, 3.05) is 41.3 Å². The molecule has 4 aromatic rings. The zero-order valence-electron chi connectivity index (χ0n) is 20.6. The highest BCUT2D eigenvalue weighted by atomic mass is 16.4. The molecule has 0 radical (unpaired) electrons. The number of anilines is 3. The summed E-state index contributed by atoms with van der Waals surface area (Å²) in [7, 11) is 0. The third-order valence-electron chi connectivity index (χ3n) is 6.45. The number of pyridine rings is 1. The van der Waals surface area contributed by atoms with Gasteiger partial charge in [-0.3, -0.25) is 4.79 Å². The zero-order chi connectivity index (χ0) is 25.8. The summed E-state index contributed by atoms with van der Waals surface area (Å²) >= 11 is 0. The average Bonchev–Trinajstić information content (AvgIpc) is 3.16. The van der Waals surface area contributed by atoms with Gasteiger partial charge in [0.15, 0.2) is 0 Å². The van der Waals surface area contributed by atoms with Crippen molar-refractivity contribution < 1.29 is 14.7 Å². The average molecular weight is 497 g/mol. The maximum atomic E-state index is 12.6. The first kappa shape index (κ1) is 24.2. The van der Waals surface area contributed by atoms with Crippen molar-refractivity contribution in [1.82, 2.24) is 15.0 Å². The van der Waals surface area contributed by atoms with Gasteiger partial charge in [0.05, 0.1) is 17.5 Å². The lowest BCUT2D eigenvalue weighted by Crippen LogP contribution is -2.32. The Morgan fingerprint density at radius 2 is 1.68 bits per heavy atom. The predicted molar refractivity (Wildman–Crippen MR) is 143 cm³/mol. The van der Waals surface area contributed by atoms with Crippen LogP contribution in [0.25, 0.3) is 10.9 Å². The number of aromatic carboxylic acids is 1. The van der Waals surface area contributed by atoms with E-state index in [0.29, 0.717) is 41.4 Å². The van der Waals surface area contributed by atoms with Crippen LogP contribution in [-0.4, -0.2) is 58.1 Å². The van der Waals surface area contributed by atoms with Crippen molar-refractivity contribution >= 4 is 40.2 Å². The Labute approximate surface area is 214 Å². The van der Waals surface area contributed by atoms with E-state index < -0.39 is 5.97 Å². The molecule has 1 aliphatic heterocycles. The number of carbonyl (C=O) groups excluding carboxylic acids is 1. The smallest absolute Gasteiger partial charge is 0.336 e. The number of benzene rings is 2. The van der Waals surface area contributed by atoms with Crippen molar-refractivity contribution in [2.45, 2.75) is 19.8 Å². The Bertz CT molecular complexity index is 1430. The van der Waals surface area contributed by atoms with Gasteiger partial charge in [-0.25, -0.2) is 19.7 Å². The highest BCUT2D eigenvalue weighted by molar-refractivity contribution is 6.05. The normalized spacial score (nSPS) is 13.9. The van der Waals surface area contributed by atoms with Crippen LogP contribution in [0.4, 0.5) is 17.5 Å². The molecule has 0 spiro atoms. The van der Waals surface area contributed by atoms with E-state index in [1.807, 2.05) is 31.2 Å². The van der Waals surface area contributed by atoms with Crippen LogP contribution in [0.2, 0.25) is 0 Å². The van der Waals surface area contributed by atoms with Crippen molar-refractivity contribution in [1.29, 1.82) is 0 Å². The Kier molecular flexibility index (Phi) is 6.93. The van der Waals surface area contributed by atoms with E-state index in [-0.39, 0.29) is 17.9 Å². The van der Waals surface area contributed by atoms with Crippen LogP contribution >= 0.6 is 0 Å². The summed E-state index contributed by atoms with van der Waals surface area (Å²) in [5, 5.41) is 13.4. The van der Waals surface area contributed by atoms with Crippen LogP contribution in [0.15, 0.2) is 67.0 Å². The molecule has 0 atom stereocenters. The quantitative estimate of drug-likeness (QED) is 0.413. The van der Waals surface area contributed by atoms with Gasteiger partial charge in [-0.15, -0.1) is 0 Å². The molecule has 0 bridgehead atoms. The maximum Gasteiger partial charge on any atom is 0.336 e. The first-order valence-corrected chi connectivity index (χ1v) is 12.3. The fourth-order valence-corrected chi connectivity index (χ4v) is 4.53. The minimum Gasteiger partial charge on any atom is -0.478 e. The number of amides is 1. The van der Waals surface area contributed by atoms with Crippen molar-refractivity contribution in [3.8, 4) is 0 Å². The van der Waals surface area contributed by atoms with Crippen LogP contribution < -0.4 is 15.1 Å². The van der Waals surface area contributed by atoms with Gasteiger partial charge in [0.25, 0.3) is 0 Å². The lowest BCUT2D eigenvalue weighted by molar-refractivity contribution is -0.115. The fourth-order valence-electron chi connectivity index (χ4n) is 4.53. The number of carbonyl (C=O) groups is 2. The van der Waals surface area contributed by atoms with E-state index in [2.05, 4.69) is 25.1 Å². The third-order valence-corrected chi connectivity index (χ3v) is 6.45. The van der Waals surface area contributed by atoms with Crippen molar-refractivity contribution in [2.24, 2.45) is 0 Å². The Balaban J connectivity index is 1.35. The van der Waals surface area contributed by atoms with E-state index in [0.717, 1.165) is 30.6 Å². The molecule has 1 aliphatic rings. The Morgan fingerprint density at radius 3 is 2.43 bits per heavy atom. The monoisotopic (exact) mass is 496 g/mol. The molecule has 3 heterocycles. The molecule has 1 amide bonds. The van der Waals surface area contributed by atoms with E-state index >= 15 is 0 Å². The zero-order valence-corrected chi connectivity index (χ0v) is 20.6. The summed E-state index contributed by atoms with van der Waals surface area (Å²) in [5.41, 5.74) is 3.31. The predicted octanol–water partition coefficient (Wildman–Crippen LogP) is 3.93. The van der Waals surface area contributed by atoms with Crippen molar-refractivity contribution in [3.05, 3.63) is 83.7 Å². The summed E-state index contributed by atoms with van der Waals surface area (Å²) in [4.78, 5) is 42.5. The molecule has 188 valence electrons. The molecule has 1 fully saturated rings. The number of carboxylic acid groups (broad SMARTS) is 1. The molecule has 0 aliphatic carbocycles. The number of nitrogens with zero attached hydrogens (tertiary/aromatic N) is 5. The van der Waals surface area contributed by atoms with Crippen LogP contribution in [0.1, 0.15) is 27.9 Å². The lowest BCUT2D eigenvalue weighted by atomic mass is 10.1. The number of aryl methyl sites for hydroxylation is 1. The highest BCUT2D eigenvalue weighted by Gasteiger charge is 2.21. The standard InChI is InChI=1S/C28H28N6O3/c1-19-4-6-20(7-5-19)16-26(35)31-21-8-9-24-22(17-21)23(27(36)37)18-25(32-24)33-12-3-13-34(15-14-33)28-29-10-2-11-30-28/h2,4-11,17-18H,3,12-16H2,1H3,(H,31,35)(H,36,37). The number of hydrogen-bond acceptors (Lipinski definition) is 7. The molecule has 1 saturated heterocycles. The van der Waals surface area contributed by atoms with Gasteiger partial charge in [-0.05, 0) is 49.2 Å². The summed E-state index contributed by atoms with van der Waals surface area (Å²) in [6, 6.07) is 16.4. The molecular formula is C28H28N6O3. The van der Waals surface area contributed by atoms with E-state index in [9.17, 15) is 14.7 Å². The summed E-state index contributed by atoms with van der Waals surface area (Å²) in [5.74, 6) is 0.114. The number of carboxylic acids is 1. The second-order valence-corrected chi connectivity index (χ2v) is 9.15. The van der Waals surface area contributed by atoms with Gasteiger partial charge < -0.3 is 20.2 Å². The van der Waals surface area contributed by atoms with E-state index in [1.54, 1.807) is 42.7 Å². The Morgan fingerprint density at radius 1 is 0.946 bits per heavy atom. The molecule has 5 rings (SSSR count). The maximum absolute atomic E-state index is 12.6. The first-order chi connectivity index (χ1) is 18.0. The van der Waals surface area contributed by atoms with Gasteiger partial charge in [-0.2, -0.15) is 0 Å². The summed E-state index contributed by atoms with van der Waals surface area (Å²) < 4.78 is 0. The van der Waals surface area contributed by atoms with Crippen LogP contribution in [0.3, 0.4) is 0 Å². The van der Waals surface area contributed by atoms with Gasteiger partial charge >= 0.3 is 5.97 Å². The number of aromatic nitrogens is 3. The number of rotatable bonds is 6. The molecule has 2 aromatic carbocycles. The molecule has 0 unspecified atom stereocenters. The largest absolute Gasteiger partial charge is 0.478 e. The van der Waals surface area contributed by atoms with E-state index in [4.69, 9.17) is 4.98 Å². The van der Waals surface area contributed by atoms with Crippen molar-refractivity contribution in [3.63, 3.8) is 0 Å². The number of hydrogen-bond donors (Lipinski definition) is 2. The highest BCUT2D eigenvalue weighted by Crippen LogP contribution is 2.27. The summed E-state index contributed by atoms with van der Waals surface area (Å²) in [6.07, 6.45) is 4.57. The van der Waals surface area contributed by atoms with Crippen LogP contribution in [0, 0.1) is 6.92 Å². The fraction of sp³-hybridized carbons (Fsp3) is 0.250. The molecular weight excluding hydrogens is 468 g/mol.